The van der Waals surface area contributed by atoms with Crippen molar-refractivity contribution in [2.75, 3.05) is 18.5 Å². The lowest BCUT2D eigenvalue weighted by molar-refractivity contribution is -0.0195. The standard InChI is InChI=1S/C15H23NO2/c17-14(11-16-13-7-3-1-4-8-13)12-18-15-9-5-2-6-10-15/h1,3-4,7-8,14-17H,2,5-6,9-12H2. The topological polar surface area (TPSA) is 41.5 Å². The molecule has 1 aliphatic carbocycles. The van der Waals surface area contributed by atoms with Gasteiger partial charge in [-0.25, -0.2) is 0 Å². The summed E-state index contributed by atoms with van der Waals surface area (Å²) in [7, 11) is 0. The SMILES string of the molecule is OC(CNc1ccccc1)COC1CCCCC1. The Hall–Kier alpha value is -1.06. The molecule has 1 aromatic rings. The van der Waals surface area contributed by atoms with Crippen LogP contribution >= 0.6 is 0 Å². The van der Waals surface area contributed by atoms with Gasteiger partial charge in [0.05, 0.1) is 18.8 Å². The van der Waals surface area contributed by atoms with Crippen LogP contribution in [0.2, 0.25) is 0 Å². The van der Waals surface area contributed by atoms with Crippen molar-refractivity contribution in [3.8, 4) is 0 Å². The lowest BCUT2D eigenvalue weighted by atomic mass is 9.98. The minimum atomic E-state index is -0.438. The van der Waals surface area contributed by atoms with Gasteiger partial charge in [0.2, 0.25) is 0 Å². The van der Waals surface area contributed by atoms with Gasteiger partial charge >= 0.3 is 0 Å². The molecular formula is C15H23NO2. The maximum absolute atomic E-state index is 9.85. The van der Waals surface area contributed by atoms with Gasteiger partial charge in [-0.15, -0.1) is 0 Å². The highest BCUT2D eigenvalue weighted by atomic mass is 16.5. The van der Waals surface area contributed by atoms with Crippen LogP contribution in [0.4, 0.5) is 5.69 Å². The summed E-state index contributed by atoms with van der Waals surface area (Å²) in [4.78, 5) is 0. The summed E-state index contributed by atoms with van der Waals surface area (Å²) in [6.07, 6.45) is 6.10. The first-order valence-electron chi connectivity index (χ1n) is 6.93. The fraction of sp³-hybridized carbons (Fsp3) is 0.600. The van der Waals surface area contributed by atoms with Crippen molar-refractivity contribution in [2.24, 2.45) is 0 Å². The zero-order chi connectivity index (χ0) is 12.6. The van der Waals surface area contributed by atoms with Crippen molar-refractivity contribution >= 4 is 5.69 Å². The molecule has 0 aliphatic heterocycles. The number of aliphatic hydroxyl groups excluding tert-OH is 1. The largest absolute Gasteiger partial charge is 0.389 e. The summed E-state index contributed by atoms with van der Waals surface area (Å²) >= 11 is 0. The molecular weight excluding hydrogens is 226 g/mol. The summed E-state index contributed by atoms with van der Waals surface area (Å²) in [5, 5.41) is 13.1. The van der Waals surface area contributed by atoms with Gasteiger partial charge in [0.1, 0.15) is 0 Å². The molecule has 0 radical (unpaired) electrons. The first kappa shape index (κ1) is 13.4. The molecule has 1 saturated carbocycles. The van der Waals surface area contributed by atoms with Crippen LogP contribution < -0.4 is 5.32 Å². The number of rotatable bonds is 6. The van der Waals surface area contributed by atoms with E-state index in [1.54, 1.807) is 0 Å². The Morgan fingerprint density at radius 1 is 1.17 bits per heavy atom. The molecule has 0 aromatic heterocycles. The van der Waals surface area contributed by atoms with Gasteiger partial charge in [-0.3, -0.25) is 0 Å². The molecule has 2 N–H and O–H groups in total. The summed E-state index contributed by atoms with van der Waals surface area (Å²) in [5.74, 6) is 0. The van der Waals surface area contributed by atoms with Crippen molar-refractivity contribution in [2.45, 2.75) is 44.3 Å². The molecule has 0 amide bonds. The second-order valence-corrected chi connectivity index (χ2v) is 4.99. The van der Waals surface area contributed by atoms with Crippen molar-refractivity contribution in [1.29, 1.82) is 0 Å². The third kappa shape index (κ3) is 4.67. The van der Waals surface area contributed by atoms with Crippen LogP contribution in [0, 0.1) is 0 Å². The van der Waals surface area contributed by atoms with E-state index in [0.29, 0.717) is 19.3 Å². The minimum absolute atomic E-state index is 0.366. The molecule has 1 aliphatic rings. The van der Waals surface area contributed by atoms with Gasteiger partial charge in [0.25, 0.3) is 0 Å². The zero-order valence-corrected chi connectivity index (χ0v) is 10.8. The van der Waals surface area contributed by atoms with E-state index < -0.39 is 6.10 Å². The van der Waals surface area contributed by atoms with Crippen molar-refractivity contribution < 1.29 is 9.84 Å². The third-order valence-electron chi connectivity index (χ3n) is 3.39. The molecule has 0 heterocycles. The van der Waals surface area contributed by atoms with Gasteiger partial charge < -0.3 is 15.2 Å². The average Bonchev–Trinajstić information content (AvgIpc) is 2.45. The monoisotopic (exact) mass is 249 g/mol. The molecule has 100 valence electrons. The molecule has 18 heavy (non-hydrogen) atoms. The van der Waals surface area contributed by atoms with Crippen molar-refractivity contribution in [3.63, 3.8) is 0 Å². The van der Waals surface area contributed by atoms with Gasteiger partial charge in [0, 0.05) is 12.2 Å². The number of hydrogen-bond donors (Lipinski definition) is 2. The Morgan fingerprint density at radius 3 is 2.61 bits per heavy atom. The fourth-order valence-electron chi connectivity index (χ4n) is 2.33. The van der Waals surface area contributed by atoms with Crippen LogP contribution in [0.3, 0.4) is 0 Å². The number of para-hydroxylation sites is 1. The van der Waals surface area contributed by atoms with E-state index in [4.69, 9.17) is 4.74 Å². The summed E-state index contributed by atoms with van der Waals surface area (Å²) in [6.45, 7) is 0.973. The predicted molar refractivity (Wildman–Crippen MR) is 73.8 cm³/mol. The van der Waals surface area contributed by atoms with Crippen LogP contribution in [0.1, 0.15) is 32.1 Å². The summed E-state index contributed by atoms with van der Waals surface area (Å²) in [5.41, 5.74) is 1.04. The van der Waals surface area contributed by atoms with Crippen LogP contribution in [-0.2, 0) is 4.74 Å². The lowest BCUT2D eigenvalue weighted by Gasteiger charge is -2.23. The van der Waals surface area contributed by atoms with Crippen LogP contribution in [0.5, 0.6) is 0 Å². The first-order valence-corrected chi connectivity index (χ1v) is 6.93. The highest BCUT2D eigenvalue weighted by molar-refractivity contribution is 5.42. The van der Waals surface area contributed by atoms with Crippen LogP contribution in [0.15, 0.2) is 30.3 Å². The second kappa shape index (κ2) is 7.39. The third-order valence-corrected chi connectivity index (χ3v) is 3.39. The molecule has 3 nitrogen and oxygen atoms in total. The maximum atomic E-state index is 9.85. The molecule has 0 bridgehead atoms. The van der Waals surface area contributed by atoms with Crippen LogP contribution in [0.25, 0.3) is 0 Å². The Labute approximate surface area is 109 Å². The predicted octanol–water partition coefficient (Wildman–Crippen LogP) is 2.81. The van der Waals surface area contributed by atoms with E-state index in [-0.39, 0.29) is 0 Å². The van der Waals surface area contributed by atoms with Crippen molar-refractivity contribution in [1.82, 2.24) is 0 Å². The van der Waals surface area contributed by atoms with E-state index in [0.717, 1.165) is 18.5 Å². The minimum Gasteiger partial charge on any atom is -0.389 e. The normalized spacial score (nSPS) is 18.5. The Bertz CT molecular complexity index is 323. The van der Waals surface area contributed by atoms with E-state index >= 15 is 0 Å². The highest BCUT2D eigenvalue weighted by Crippen LogP contribution is 2.20. The van der Waals surface area contributed by atoms with Gasteiger partial charge in [-0.1, -0.05) is 37.5 Å². The molecule has 0 spiro atoms. The number of anilines is 1. The number of hydrogen-bond acceptors (Lipinski definition) is 3. The number of benzene rings is 1. The smallest absolute Gasteiger partial charge is 0.0945 e. The van der Waals surface area contributed by atoms with E-state index in [1.807, 2.05) is 30.3 Å². The molecule has 1 unspecified atom stereocenters. The number of aliphatic hydroxyl groups is 1. The molecule has 3 heteroatoms. The quantitative estimate of drug-likeness (QED) is 0.814. The summed E-state index contributed by atoms with van der Waals surface area (Å²) < 4.78 is 5.74. The molecule has 1 aromatic carbocycles. The first-order chi connectivity index (χ1) is 8.84. The van der Waals surface area contributed by atoms with E-state index in [2.05, 4.69) is 5.32 Å². The van der Waals surface area contributed by atoms with Gasteiger partial charge in [-0.2, -0.15) is 0 Å². The lowest BCUT2D eigenvalue weighted by Crippen LogP contribution is -2.28. The van der Waals surface area contributed by atoms with Gasteiger partial charge in [-0.05, 0) is 25.0 Å². The second-order valence-electron chi connectivity index (χ2n) is 4.99. The van der Waals surface area contributed by atoms with Gasteiger partial charge in [0.15, 0.2) is 0 Å². The van der Waals surface area contributed by atoms with Crippen molar-refractivity contribution in [3.05, 3.63) is 30.3 Å². The number of nitrogens with one attached hydrogen (secondary N) is 1. The molecule has 2 rings (SSSR count). The highest BCUT2D eigenvalue weighted by Gasteiger charge is 2.15. The van der Waals surface area contributed by atoms with Crippen LogP contribution in [-0.4, -0.2) is 30.5 Å². The molecule has 0 saturated heterocycles. The maximum Gasteiger partial charge on any atom is 0.0945 e. The average molecular weight is 249 g/mol. The van der Waals surface area contributed by atoms with E-state index in [9.17, 15) is 5.11 Å². The Morgan fingerprint density at radius 2 is 1.89 bits per heavy atom. The molecule has 1 fully saturated rings. The fourth-order valence-corrected chi connectivity index (χ4v) is 2.33. The number of ether oxygens (including phenoxy) is 1. The Balaban J connectivity index is 1.61. The molecule has 1 atom stereocenters. The van der Waals surface area contributed by atoms with E-state index in [1.165, 1.54) is 19.3 Å². The zero-order valence-electron chi connectivity index (χ0n) is 10.8. The summed E-state index contributed by atoms with van der Waals surface area (Å²) in [6, 6.07) is 9.93. The Kier molecular flexibility index (Phi) is 5.49.